The zero-order valence-corrected chi connectivity index (χ0v) is 13.4. The van der Waals surface area contributed by atoms with E-state index in [1.165, 1.54) is 30.3 Å². The molecule has 1 heterocycles. The lowest BCUT2D eigenvalue weighted by atomic mass is 10.2. The molecule has 4 N–H and O–H groups in total. The molecule has 0 aliphatic heterocycles. The normalized spacial score (nSPS) is 11.5. The van der Waals surface area contributed by atoms with Gasteiger partial charge >= 0.3 is 5.76 Å². The van der Waals surface area contributed by atoms with E-state index in [1.54, 1.807) is 0 Å². The lowest BCUT2D eigenvalue weighted by Gasteiger charge is -2.09. The van der Waals surface area contributed by atoms with Gasteiger partial charge in [0.15, 0.2) is 5.58 Å². The molecule has 1 aromatic heterocycles. The molecule has 0 unspecified atom stereocenters. The molecule has 3 rings (SSSR count). The van der Waals surface area contributed by atoms with Crippen LogP contribution >= 0.6 is 11.6 Å². The van der Waals surface area contributed by atoms with Gasteiger partial charge in [-0.2, -0.15) is 0 Å². The average molecular weight is 368 g/mol. The molecule has 3 aromatic rings. The molecule has 124 valence electrons. The van der Waals surface area contributed by atoms with Crippen LogP contribution in [0.1, 0.15) is 10.4 Å². The van der Waals surface area contributed by atoms with Crippen molar-refractivity contribution in [3.8, 4) is 0 Å². The SMILES string of the molecule is NC(=O)c1ccc(NS(=O)(=O)c2cc3oc(=O)[nH]c3cc2Cl)cc1. The van der Waals surface area contributed by atoms with Gasteiger partial charge in [0.1, 0.15) is 4.90 Å². The first-order chi connectivity index (χ1) is 11.3. The number of carbonyl (C=O) groups excluding carboxylic acids is 1. The number of aromatic amines is 1. The lowest BCUT2D eigenvalue weighted by Crippen LogP contribution is -2.14. The molecule has 0 fully saturated rings. The van der Waals surface area contributed by atoms with Crippen molar-refractivity contribution in [2.75, 3.05) is 4.72 Å². The predicted octanol–water partition coefficient (Wildman–Crippen LogP) is 1.67. The molecule has 24 heavy (non-hydrogen) atoms. The van der Waals surface area contributed by atoms with Crippen molar-refractivity contribution in [1.82, 2.24) is 4.98 Å². The maximum Gasteiger partial charge on any atom is 0.417 e. The Bertz CT molecular complexity index is 1100. The molecule has 0 saturated heterocycles. The molecule has 0 spiro atoms. The number of nitrogens with two attached hydrogens (primary N) is 1. The van der Waals surface area contributed by atoms with Crippen molar-refractivity contribution in [1.29, 1.82) is 0 Å². The van der Waals surface area contributed by atoms with Crippen molar-refractivity contribution in [3.05, 3.63) is 57.5 Å². The highest BCUT2D eigenvalue weighted by molar-refractivity contribution is 7.92. The number of oxazole rings is 1. The third kappa shape index (κ3) is 2.99. The number of hydrogen-bond acceptors (Lipinski definition) is 5. The number of H-pyrrole nitrogens is 1. The molecule has 0 radical (unpaired) electrons. The zero-order chi connectivity index (χ0) is 17.5. The third-order valence-electron chi connectivity index (χ3n) is 3.18. The topological polar surface area (TPSA) is 135 Å². The summed E-state index contributed by atoms with van der Waals surface area (Å²) >= 11 is 5.99. The van der Waals surface area contributed by atoms with Crippen LogP contribution in [0.2, 0.25) is 5.02 Å². The molecular weight excluding hydrogens is 358 g/mol. The Morgan fingerprint density at radius 1 is 1.21 bits per heavy atom. The van der Waals surface area contributed by atoms with Crippen LogP contribution in [0.25, 0.3) is 11.1 Å². The van der Waals surface area contributed by atoms with Crippen LogP contribution in [0.4, 0.5) is 5.69 Å². The summed E-state index contributed by atoms with van der Waals surface area (Å²) in [5.41, 5.74) is 5.93. The van der Waals surface area contributed by atoms with Gasteiger partial charge in [0.25, 0.3) is 10.0 Å². The number of benzene rings is 2. The van der Waals surface area contributed by atoms with E-state index in [0.29, 0.717) is 0 Å². The zero-order valence-electron chi connectivity index (χ0n) is 11.9. The Labute approximate surface area is 140 Å². The number of fused-ring (bicyclic) bond motifs is 1. The highest BCUT2D eigenvalue weighted by Crippen LogP contribution is 2.28. The summed E-state index contributed by atoms with van der Waals surface area (Å²) in [5.74, 6) is -1.34. The molecule has 0 bridgehead atoms. The van der Waals surface area contributed by atoms with Crippen molar-refractivity contribution in [2.45, 2.75) is 4.90 Å². The van der Waals surface area contributed by atoms with Gasteiger partial charge in [0.05, 0.1) is 10.5 Å². The second-order valence-corrected chi connectivity index (χ2v) is 6.90. The highest BCUT2D eigenvalue weighted by Gasteiger charge is 2.20. The van der Waals surface area contributed by atoms with Gasteiger partial charge in [-0.3, -0.25) is 14.5 Å². The summed E-state index contributed by atoms with van der Waals surface area (Å²) in [6.45, 7) is 0. The van der Waals surface area contributed by atoms with Gasteiger partial charge in [0.2, 0.25) is 5.91 Å². The predicted molar refractivity (Wildman–Crippen MR) is 87.6 cm³/mol. The average Bonchev–Trinajstić information content (AvgIpc) is 2.85. The quantitative estimate of drug-likeness (QED) is 0.644. The van der Waals surface area contributed by atoms with Crippen LogP contribution in [-0.2, 0) is 10.0 Å². The van der Waals surface area contributed by atoms with Crippen LogP contribution < -0.4 is 16.2 Å². The Kier molecular flexibility index (Phi) is 3.82. The molecule has 0 aliphatic rings. The monoisotopic (exact) mass is 367 g/mol. The van der Waals surface area contributed by atoms with E-state index in [4.69, 9.17) is 21.8 Å². The van der Waals surface area contributed by atoms with E-state index >= 15 is 0 Å². The first kappa shape index (κ1) is 16.1. The number of primary amides is 1. The summed E-state index contributed by atoms with van der Waals surface area (Å²) in [7, 11) is -4.03. The van der Waals surface area contributed by atoms with E-state index < -0.39 is 21.7 Å². The molecule has 2 aromatic carbocycles. The summed E-state index contributed by atoms with van der Waals surface area (Å²) in [6, 6.07) is 7.98. The number of rotatable bonds is 4. The van der Waals surface area contributed by atoms with Gasteiger partial charge in [-0.1, -0.05) is 11.6 Å². The first-order valence-electron chi connectivity index (χ1n) is 6.51. The second-order valence-electron chi connectivity index (χ2n) is 4.84. The van der Waals surface area contributed by atoms with Gasteiger partial charge in [-0.05, 0) is 30.3 Å². The van der Waals surface area contributed by atoms with Crippen LogP contribution in [0, 0.1) is 0 Å². The summed E-state index contributed by atoms with van der Waals surface area (Å²) in [6.07, 6.45) is 0. The fraction of sp³-hybridized carbons (Fsp3) is 0. The van der Waals surface area contributed by atoms with Gasteiger partial charge in [0, 0.05) is 17.3 Å². The molecule has 10 heteroatoms. The number of nitrogens with one attached hydrogen (secondary N) is 2. The van der Waals surface area contributed by atoms with Gasteiger partial charge in [-0.25, -0.2) is 13.2 Å². The fourth-order valence-corrected chi connectivity index (χ4v) is 3.67. The van der Waals surface area contributed by atoms with Crippen LogP contribution in [-0.4, -0.2) is 19.3 Å². The molecule has 1 amide bonds. The summed E-state index contributed by atoms with van der Waals surface area (Å²) < 4.78 is 32.1. The first-order valence-corrected chi connectivity index (χ1v) is 8.37. The minimum absolute atomic E-state index is 0.0638. The number of anilines is 1. The minimum atomic E-state index is -4.03. The van der Waals surface area contributed by atoms with Gasteiger partial charge < -0.3 is 10.2 Å². The van der Waals surface area contributed by atoms with Crippen LogP contribution in [0.5, 0.6) is 0 Å². The minimum Gasteiger partial charge on any atom is -0.408 e. The van der Waals surface area contributed by atoms with Gasteiger partial charge in [-0.15, -0.1) is 0 Å². The highest BCUT2D eigenvalue weighted by atomic mass is 35.5. The Morgan fingerprint density at radius 3 is 2.50 bits per heavy atom. The molecule has 0 aliphatic carbocycles. The Balaban J connectivity index is 1.99. The number of sulfonamides is 1. The van der Waals surface area contributed by atoms with Crippen molar-refractivity contribution in [3.63, 3.8) is 0 Å². The number of hydrogen-bond donors (Lipinski definition) is 3. The van der Waals surface area contributed by atoms with E-state index in [2.05, 4.69) is 9.71 Å². The van der Waals surface area contributed by atoms with E-state index in [-0.39, 0.29) is 32.3 Å². The van der Waals surface area contributed by atoms with Crippen molar-refractivity contribution >= 4 is 44.3 Å². The summed E-state index contributed by atoms with van der Waals surface area (Å²) in [4.78, 5) is 24.3. The smallest absolute Gasteiger partial charge is 0.408 e. The largest absolute Gasteiger partial charge is 0.417 e. The molecule has 0 saturated carbocycles. The second kappa shape index (κ2) is 5.69. The third-order valence-corrected chi connectivity index (χ3v) is 5.03. The summed E-state index contributed by atoms with van der Waals surface area (Å²) in [5, 5.41) is -0.0826. The van der Waals surface area contributed by atoms with Crippen LogP contribution in [0.15, 0.2) is 50.5 Å². The number of aromatic nitrogens is 1. The number of carbonyl (C=O) groups is 1. The standard InChI is InChI=1S/C14H10ClN3O5S/c15-9-5-10-11(23-14(20)17-10)6-12(9)24(21,22)18-8-3-1-7(2-4-8)13(16)19/h1-6,18H,(H2,16,19)(H,17,20). The molecular formula is C14H10ClN3O5S. The molecule has 0 atom stereocenters. The van der Waals surface area contributed by atoms with Crippen molar-refractivity contribution < 1.29 is 17.6 Å². The lowest BCUT2D eigenvalue weighted by molar-refractivity contribution is 0.100. The van der Waals surface area contributed by atoms with E-state index in [0.717, 1.165) is 6.07 Å². The van der Waals surface area contributed by atoms with Crippen LogP contribution in [0.3, 0.4) is 0 Å². The maximum absolute atomic E-state index is 12.5. The number of amides is 1. The van der Waals surface area contributed by atoms with Crippen molar-refractivity contribution in [2.24, 2.45) is 5.73 Å². The Hall–Kier alpha value is -2.78. The Morgan fingerprint density at radius 2 is 1.88 bits per heavy atom. The fourth-order valence-electron chi connectivity index (χ4n) is 2.07. The van der Waals surface area contributed by atoms with E-state index in [9.17, 15) is 18.0 Å². The molecule has 8 nitrogen and oxygen atoms in total. The van der Waals surface area contributed by atoms with E-state index in [1.807, 2.05) is 0 Å². The maximum atomic E-state index is 12.5. The number of halogens is 1.